The van der Waals surface area contributed by atoms with Crippen LogP contribution in [-0.4, -0.2) is 45.5 Å². The number of hydrogen-bond donors (Lipinski definition) is 1. The monoisotopic (exact) mass is 423 g/mol. The van der Waals surface area contributed by atoms with Gasteiger partial charge in [-0.2, -0.15) is 0 Å². The Kier molecular flexibility index (Phi) is 4.73. The topological polar surface area (TPSA) is 78.5 Å². The molecule has 3 aliphatic rings. The Hall–Kier alpha value is -2.93. The lowest BCUT2D eigenvalue weighted by atomic mass is 9.81. The van der Waals surface area contributed by atoms with E-state index in [0.29, 0.717) is 13.2 Å². The fraction of sp³-hybridized carbons (Fsp3) is 0.458. The van der Waals surface area contributed by atoms with Gasteiger partial charge in [-0.15, -0.1) is 0 Å². The highest BCUT2D eigenvalue weighted by molar-refractivity contribution is 5.77. The fourth-order valence-electron chi connectivity index (χ4n) is 4.23. The van der Waals surface area contributed by atoms with Crippen LogP contribution in [0.3, 0.4) is 0 Å². The Balaban J connectivity index is 1.57. The number of morpholine rings is 1. The predicted molar refractivity (Wildman–Crippen MR) is 119 cm³/mol. The Morgan fingerprint density at radius 3 is 2.45 bits per heavy atom. The van der Waals surface area contributed by atoms with Crippen LogP contribution < -0.4 is 20.1 Å². The van der Waals surface area contributed by atoms with Gasteiger partial charge in [0.25, 0.3) is 6.02 Å². The van der Waals surface area contributed by atoms with Crippen LogP contribution in [0.2, 0.25) is 0 Å². The molecule has 0 aliphatic carbocycles. The number of nitrogens with two attached hydrogens (primary N) is 1. The van der Waals surface area contributed by atoms with Crippen LogP contribution in [0, 0.1) is 5.41 Å². The first kappa shape index (κ1) is 20.0. The van der Waals surface area contributed by atoms with Crippen molar-refractivity contribution in [2.24, 2.45) is 16.1 Å². The summed E-state index contributed by atoms with van der Waals surface area (Å²) in [6.45, 7) is 10.6. The van der Waals surface area contributed by atoms with Gasteiger partial charge in [0, 0.05) is 29.9 Å². The molecule has 0 amide bonds. The molecule has 0 bridgehead atoms. The lowest BCUT2D eigenvalue weighted by molar-refractivity contribution is 0.122. The third-order valence-corrected chi connectivity index (χ3v) is 5.80. The van der Waals surface area contributed by atoms with Gasteiger partial charge in [-0.05, 0) is 41.8 Å². The molecule has 31 heavy (non-hydrogen) atoms. The smallest absolute Gasteiger partial charge is 0.283 e. The SMILES string of the molecule is CC(C)(C)COc1ccc2c(c1)[C@]1(COC(N)=N1)c1cc(N3CCOCC3)ccc1O2. The second-order valence-corrected chi connectivity index (χ2v) is 9.49. The zero-order valence-corrected chi connectivity index (χ0v) is 18.3. The number of amidine groups is 1. The summed E-state index contributed by atoms with van der Waals surface area (Å²) in [5, 5.41) is 0. The van der Waals surface area contributed by atoms with Gasteiger partial charge in [-0.3, -0.25) is 0 Å². The summed E-state index contributed by atoms with van der Waals surface area (Å²) in [7, 11) is 0. The molecule has 2 N–H and O–H groups in total. The van der Waals surface area contributed by atoms with Crippen molar-refractivity contribution in [3.63, 3.8) is 0 Å². The van der Waals surface area contributed by atoms with Crippen molar-refractivity contribution < 1.29 is 18.9 Å². The minimum Gasteiger partial charge on any atom is -0.493 e. The number of anilines is 1. The summed E-state index contributed by atoms with van der Waals surface area (Å²) in [5.41, 5.74) is 8.31. The molecule has 164 valence electrons. The van der Waals surface area contributed by atoms with Crippen LogP contribution in [0.5, 0.6) is 17.2 Å². The van der Waals surface area contributed by atoms with Gasteiger partial charge >= 0.3 is 0 Å². The number of nitrogens with zero attached hydrogens (tertiary/aromatic N) is 2. The highest BCUT2D eigenvalue weighted by Gasteiger charge is 2.47. The van der Waals surface area contributed by atoms with E-state index in [0.717, 1.165) is 60.4 Å². The van der Waals surface area contributed by atoms with Gasteiger partial charge in [-0.1, -0.05) is 20.8 Å². The maximum absolute atomic E-state index is 6.28. The van der Waals surface area contributed by atoms with E-state index in [2.05, 4.69) is 37.8 Å². The normalized spacial score (nSPS) is 22.3. The van der Waals surface area contributed by atoms with E-state index in [-0.39, 0.29) is 11.4 Å². The number of rotatable bonds is 3. The van der Waals surface area contributed by atoms with Gasteiger partial charge in [0.2, 0.25) is 0 Å². The second kappa shape index (κ2) is 7.34. The maximum Gasteiger partial charge on any atom is 0.283 e. The molecule has 0 aromatic heterocycles. The zero-order valence-electron chi connectivity index (χ0n) is 18.3. The summed E-state index contributed by atoms with van der Waals surface area (Å²) in [5.74, 6) is 2.30. The summed E-state index contributed by atoms with van der Waals surface area (Å²) in [6.07, 6.45) is 0. The molecule has 0 saturated carbocycles. The lowest BCUT2D eigenvalue weighted by Gasteiger charge is -2.35. The van der Waals surface area contributed by atoms with E-state index in [4.69, 9.17) is 29.7 Å². The quantitative estimate of drug-likeness (QED) is 0.812. The molecule has 5 rings (SSSR count). The van der Waals surface area contributed by atoms with Crippen LogP contribution in [-0.2, 0) is 15.0 Å². The first-order valence-electron chi connectivity index (χ1n) is 10.7. The van der Waals surface area contributed by atoms with Crippen molar-refractivity contribution in [3.05, 3.63) is 47.5 Å². The minimum absolute atomic E-state index is 0.0583. The van der Waals surface area contributed by atoms with E-state index in [1.54, 1.807) is 0 Å². The number of ether oxygens (including phenoxy) is 4. The average Bonchev–Trinajstić information content (AvgIpc) is 3.15. The molecular formula is C24H29N3O4. The van der Waals surface area contributed by atoms with Crippen molar-refractivity contribution in [1.82, 2.24) is 0 Å². The van der Waals surface area contributed by atoms with Crippen LogP contribution in [0.4, 0.5) is 5.69 Å². The summed E-state index contributed by atoms with van der Waals surface area (Å²) in [4.78, 5) is 7.11. The highest BCUT2D eigenvalue weighted by Crippen LogP contribution is 2.52. The molecule has 1 atom stereocenters. The minimum atomic E-state index is -0.754. The number of fused-ring (bicyclic) bond motifs is 4. The third-order valence-electron chi connectivity index (χ3n) is 5.80. The predicted octanol–water partition coefficient (Wildman–Crippen LogP) is 3.64. The zero-order chi connectivity index (χ0) is 21.6. The average molecular weight is 424 g/mol. The van der Waals surface area contributed by atoms with E-state index in [1.165, 1.54) is 0 Å². The van der Waals surface area contributed by atoms with E-state index < -0.39 is 5.54 Å². The molecule has 7 heteroatoms. The summed E-state index contributed by atoms with van der Waals surface area (Å²) in [6, 6.07) is 12.3. The van der Waals surface area contributed by atoms with Gasteiger partial charge in [-0.25, -0.2) is 4.99 Å². The Morgan fingerprint density at radius 1 is 1.06 bits per heavy atom. The number of benzene rings is 2. The standard InChI is InChI=1S/C24H29N3O4/c1-23(2,3)14-29-17-5-7-21-19(13-17)24(15-30-22(25)26-24)18-12-16(4-6-20(18)31-21)27-8-10-28-11-9-27/h4-7,12-13H,8-11,14-15H2,1-3H3,(H2,25,26)/t24-/m0/s1. The third kappa shape index (κ3) is 3.67. The van der Waals surface area contributed by atoms with E-state index in [1.807, 2.05) is 24.3 Å². The number of aliphatic imine (C=N–C) groups is 1. The first-order valence-corrected chi connectivity index (χ1v) is 10.7. The molecule has 1 saturated heterocycles. The fourth-order valence-corrected chi connectivity index (χ4v) is 4.23. The summed E-state index contributed by atoms with van der Waals surface area (Å²) >= 11 is 0. The summed E-state index contributed by atoms with van der Waals surface area (Å²) < 4.78 is 23.6. The van der Waals surface area contributed by atoms with Crippen LogP contribution in [0.1, 0.15) is 31.9 Å². The van der Waals surface area contributed by atoms with Crippen molar-refractivity contribution >= 4 is 11.7 Å². The van der Waals surface area contributed by atoms with Crippen molar-refractivity contribution in [2.45, 2.75) is 26.3 Å². The van der Waals surface area contributed by atoms with E-state index >= 15 is 0 Å². The second-order valence-electron chi connectivity index (χ2n) is 9.49. The molecule has 1 fully saturated rings. The molecule has 3 heterocycles. The van der Waals surface area contributed by atoms with Gasteiger partial charge in [0.1, 0.15) is 23.9 Å². The van der Waals surface area contributed by atoms with Crippen molar-refractivity contribution in [2.75, 3.05) is 44.4 Å². The van der Waals surface area contributed by atoms with Crippen LogP contribution in [0.25, 0.3) is 0 Å². The number of hydrogen-bond acceptors (Lipinski definition) is 7. The lowest BCUT2D eigenvalue weighted by Crippen LogP contribution is -2.37. The molecule has 2 aromatic rings. The van der Waals surface area contributed by atoms with Crippen LogP contribution >= 0.6 is 0 Å². The Labute approximate surface area is 182 Å². The Morgan fingerprint density at radius 2 is 1.77 bits per heavy atom. The van der Waals surface area contributed by atoms with Crippen molar-refractivity contribution in [1.29, 1.82) is 0 Å². The maximum atomic E-state index is 6.28. The van der Waals surface area contributed by atoms with Gasteiger partial charge in [0.15, 0.2) is 5.54 Å². The molecule has 0 radical (unpaired) electrons. The molecular weight excluding hydrogens is 394 g/mol. The van der Waals surface area contributed by atoms with Gasteiger partial charge in [0.05, 0.1) is 19.8 Å². The first-order chi connectivity index (χ1) is 14.8. The molecule has 7 nitrogen and oxygen atoms in total. The molecule has 0 unspecified atom stereocenters. The largest absolute Gasteiger partial charge is 0.493 e. The molecule has 3 aliphatic heterocycles. The molecule has 1 spiro atoms. The highest BCUT2D eigenvalue weighted by atomic mass is 16.5. The van der Waals surface area contributed by atoms with E-state index in [9.17, 15) is 0 Å². The van der Waals surface area contributed by atoms with Crippen LogP contribution in [0.15, 0.2) is 41.4 Å². The Bertz CT molecular complexity index is 1020. The van der Waals surface area contributed by atoms with Crippen molar-refractivity contribution in [3.8, 4) is 17.2 Å². The van der Waals surface area contributed by atoms with Gasteiger partial charge < -0.3 is 29.6 Å². The molecule has 2 aromatic carbocycles.